The number of carbonyl (C=O) groups is 2. The number of esters is 2. The van der Waals surface area contributed by atoms with E-state index in [4.69, 9.17) is 18.5 Å². The molecule has 2 atom stereocenters. The molecule has 392 valence electrons. The van der Waals surface area contributed by atoms with Crippen LogP contribution in [0.25, 0.3) is 0 Å². The second-order valence-corrected chi connectivity index (χ2v) is 21.4. The molecule has 0 aromatic carbocycles. The van der Waals surface area contributed by atoms with Crippen LogP contribution in [0.3, 0.4) is 0 Å². The number of hydrogen-bond donors (Lipinski definition) is 0. The highest BCUT2D eigenvalue weighted by atomic mass is 31.2. The van der Waals surface area contributed by atoms with Crippen molar-refractivity contribution in [1.29, 1.82) is 0 Å². The van der Waals surface area contributed by atoms with Crippen molar-refractivity contribution in [3.8, 4) is 0 Å². The average Bonchev–Trinajstić information content (AvgIpc) is 3.29. The summed E-state index contributed by atoms with van der Waals surface area (Å²) in [7, 11) is 1.16. The van der Waals surface area contributed by atoms with Gasteiger partial charge < -0.3 is 27.9 Å². The van der Waals surface area contributed by atoms with E-state index in [0.717, 1.165) is 70.6 Å². The molecule has 9 nitrogen and oxygen atoms in total. The third-order valence-electron chi connectivity index (χ3n) is 12.1. The maximum Gasteiger partial charge on any atom is 0.306 e. The molecule has 0 saturated carbocycles. The Balaban J connectivity index is 4.20. The fourth-order valence-corrected chi connectivity index (χ4v) is 8.45. The van der Waals surface area contributed by atoms with Crippen LogP contribution < -0.4 is 4.89 Å². The van der Waals surface area contributed by atoms with Crippen LogP contribution in [-0.4, -0.2) is 70.0 Å². The van der Waals surface area contributed by atoms with Crippen molar-refractivity contribution in [2.24, 2.45) is 0 Å². The Kier molecular flexibility index (Phi) is 47.5. The Hall–Kier alpha value is -2.03. The number of phosphoric ester groups is 1. The van der Waals surface area contributed by atoms with E-state index in [-0.39, 0.29) is 32.0 Å². The van der Waals surface area contributed by atoms with Crippen LogP contribution in [-0.2, 0) is 32.7 Å². The maximum absolute atomic E-state index is 12.8. The number of phosphoric acid groups is 1. The molecule has 0 aliphatic rings. The number of ether oxygens (including phenoxy) is 2. The first-order valence-electron chi connectivity index (χ1n) is 27.8. The van der Waals surface area contributed by atoms with Gasteiger partial charge in [-0.05, 0) is 77.0 Å². The minimum atomic E-state index is -4.64. The Morgan fingerprint density at radius 1 is 0.463 bits per heavy atom. The predicted molar refractivity (Wildman–Crippen MR) is 282 cm³/mol. The summed E-state index contributed by atoms with van der Waals surface area (Å²) in [5, 5.41) is 0. The van der Waals surface area contributed by atoms with E-state index in [1.165, 1.54) is 148 Å². The lowest BCUT2D eigenvalue weighted by Gasteiger charge is -2.28. The summed E-state index contributed by atoms with van der Waals surface area (Å²) in [6.45, 7) is 4.24. The van der Waals surface area contributed by atoms with E-state index in [1.54, 1.807) is 0 Å². The summed E-state index contributed by atoms with van der Waals surface area (Å²) >= 11 is 0. The topological polar surface area (TPSA) is 111 Å². The minimum Gasteiger partial charge on any atom is -0.756 e. The van der Waals surface area contributed by atoms with Crippen LogP contribution >= 0.6 is 7.82 Å². The first-order valence-corrected chi connectivity index (χ1v) is 29.3. The van der Waals surface area contributed by atoms with E-state index < -0.39 is 26.5 Å². The Morgan fingerprint density at radius 3 is 1.21 bits per heavy atom. The molecule has 0 amide bonds. The summed E-state index contributed by atoms with van der Waals surface area (Å²) in [5.41, 5.74) is 0. The Labute approximate surface area is 414 Å². The standard InChI is InChI=1S/C57H106NO8P/c1-6-8-10-12-14-16-18-20-22-24-26-27-28-29-30-31-32-34-36-38-40-42-44-46-48-50-57(60)66-55(54-65-67(61,62)64-52-51-58(3,4)5)53-63-56(59)49-47-45-43-41-39-37-35-33-25-23-21-19-17-15-13-11-9-7-2/h18,20,23-26,28-29,55H,6-17,19,21-22,27,30-54H2,1-5H3/b20-18-,25-23-,26-24-,29-28-. The summed E-state index contributed by atoms with van der Waals surface area (Å²) < 4.78 is 34.1. The van der Waals surface area contributed by atoms with Crippen LogP contribution in [0, 0.1) is 0 Å². The van der Waals surface area contributed by atoms with Gasteiger partial charge in [-0.15, -0.1) is 0 Å². The van der Waals surface area contributed by atoms with Gasteiger partial charge in [-0.25, -0.2) is 0 Å². The number of likely N-dealkylation sites (N-methyl/N-ethyl adjacent to an activating group) is 1. The van der Waals surface area contributed by atoms with Crippen LogP contribution in [0.1, 0.15) is 251 Å². The summed E-state index contributed by atoms with van der Waals surface area (Å²) in [5.74, 6) is -0.837. The molecule has 0 aliphatic heterocycles. The molecule has 10 heteroatoms. The molecule has 0 aromatic rings. The lowest BCUT2D eigenvalue weighted by atomic mass is 10.0. The molecule has 0 rings (SSSR count). The van der Waals surface area contributed by atoms with E-state index in [9.17, 15) is 19.0 Å². The van der Waals surface area contributed by atoms with Gasteiger partial charge >= 0.3 is 11.9 Å². The maximum atomic E-state index is 12.8. The van der Waals surface area contributed by atoms with Crippen molar-refractivity contribution in [3.63, 3.8) is 0 Å². The molecule has 0 spiro atoms. The van der Waals surface area contributed by atoms with Crippen molar-refractivity contribution in [3.05, 3.63) is 48.6 Å². The molecule has 0 aromatic heterocycles. The van der Waals surface area contributed by atoms with E-state index >= 15 is 0 Å². The number of allylic oxidation sites excluding steroid dienone is 8. The lowest BCUT2D eigenvalue weighted by molar-refractivity contribution is -0.870. The number of nitrogens with zero attached hydrogens (tertiary/aromatic N) is 1. The fourth-order valence-electron chi connectivity index (χ4n) is 7.72. The van der Waals surface area contributed by atoms with Crippen molar-refractivity contribution < 1.29 is 42.1 Å². The van der Waals surface area contributed by atoms with Crippen molar-refractivity contribution in [2.45, 2.75) is 258 Å². The molecule has 67 heavy (non-hydrogen) atoms. The van der Waals surface area contributed by atoms with Gasteiger partial charge in [0, 0.05) is 12.8 Å². The molecule has 0 fully saturated rings. The third-order valence-corrected chi connectivity index (χ3v) is 13.0. The van der Waals surface area contributed by atoms with Crippen LogP contribution in [0.2, 0.25) is 0 Å². The van der Waals surface area contributed by atoms with Gasteiger partial charge in [-0.2, -0.15) is 0 Å². The molecule has 0 heterocycles. The van der Waals surface area contributed by atoms with E-state index in [2.05, 4.69) is 62.5 Å². The highest BCUT2D eigenvalue weighted by molar-refractivity contribution is 7.45. The average molecular weight is 964 g/mol. The fraction of sp³-hybridized carbons (Fsp3) is 0.825. The summed E-state index contributed by atoms with van der Waals surface area (Å²) in [4.78, 5) is 37.8. The van der Waals surface area contributed by atoms with Gasteiger partial charge in [0.2, 0.25) is 0 Å². The zero-order valence-electron chi connectivity index (χ0n) is 44.3. The largest absolute Gasteiger partial charge is 0.756 e. The molecule has 0 N–H and O–H groups in total. The monoisotopic (exact) mass is 964 g/mol. The highest BCUT2D eigenvalue weighted by Gasteiger charge is 2.21. The summed E-state index contributed by atoms with van der Waals surface area (Å²) in [6, 6.07) is 0. The Morgan fingerprint density at radius 2 is 0.806 bits per heavy atom. The van der Waals surface area contributed by atoms with Gasteiger partial charge in [-0.3, -0.25) is 14.2 Å². The minimum absolute atomic E-state index is 0.0329. The van der Waals surface area contributed by atoms with Gasteiger partial charge in [0.05, 0.1) is 27.7 Å². The smallest absolute Gasteiger partial charge is 0.306 e. The molecule has 0 bridgehead atoms. The molecule has 0 saturated heterocycles. The van der Waals surface area contributed by atoms with Gasteiger partial charge in [0.25, 0.3) is 7.82 Å². The predicted octanol–water partition coefficient (Wildman–Crippen LogP) is 16.3. The first kappa shape index (κ1) is 65.0. The molecular formula is C57H106NO8P. The van der Waals surface area contributed by atoms with Gasteiger partial charge in [0.15, 0.2) is 6.10 Å². The van der Waals surface area contributed by atoms with Crippen LogP contribution in [0.5, 0.6) is 0 Å². The SMILES string of the molecule is CCCCCCC/C=C\C/C=C\C/C=C\CCCCCCCCCCCCC(=O)OC(COC(=O)CCCCCCCCC/C=C\CCCCCCCCC)COP(=O)([O-])OCC[N+](C)(C)C. The number of carbonyl (C=O) groups excluding carboxylic acids is 2. The normalized spacial score (nSPS) is 13.7. The van der Waals surface area contributed by atoms with E-state index in [0.29, 0.717) is 17.4 Å². The highest BCUT2D eigenvalue weighted by Crippen LogP contribution is 2.38. The number of rotatable bonds is 51. The van der Waals surface area contributed by atoms with Gasteiger partial charge in [-0.1, -0.05) is 210 Å². The van der Waals surface area contributed by atoms with Crippen molar-refractivity contribution >= 4 is 19.8 Å². The lowest BCUT2D eigenvalue weighted by Crippen LogP contribution is -2.37. The molecule has 0 radical (unpaired) electrons. The first-order chi connectivity index (χ1) is 32.5. The van der Waals surface area contributed by atoms with Gasteiger partial charge in [0.1, 0.15) is 19.8 Å². The summed E-state index contributed by atoms with van der Waals surface area (Å²) in [6.07, 6.45) is 60.0. The molecular weight excluding hydrogens is 858 g/mol. The van der Waals surface area contributed by atoms with Crippen LogP contribution in [0.4, 0.5) is 0 Å². The number of unbranched alkanes of at least 4 members (excludes halogenated alkanes) is 29. The second-order valence-electron chi connectivity index (χ2n) is 19.9. The second kappa shape index (κ2) is 49.0. The number of hydrogen-bond acceptors (Lipinski definition) is 8. The van der Waals surface area contributed by atoms with E-state index in [1.807, 2.05) is 21.1 Å². The van der Waals surface area contributed by atoms with Crippen molar-refractivity contribution in [1.82, 2.24) is 0 Å². The zero-order chi connectivity index (χ0) is 49.2. The number of quaternary nitrogens is 1. The Bertz CT molecular complexity index is 1270. The quantitative estimate of drug-likeness (QED) is 0.0195. The molecule has 0 aliphatic carbocycles. The zero-order valence-corrected chi connectivity index (χ0v) is 45.2. The van der Waals surface area contributed by atoms with Crippen LogP contribution in [0.15, 0.2) is 48.6 Å². The van der Waals surface area contributed by atoms with Crippen molar-refractivity contribution in [2.75, 3.05) is 47.5 Å². The molecule has 2 unspecified atom stereocenters. The third kappa shape index (κ3) is 53.2.